The van der Waals surface area contributed by atoms with Gasteiger partial charge < -0.3 is 5.11 Å². The molecule has 1 N–H and O–H groups in total. The van der Waals surface area contributed by atoms with Crippen molar-refractivity contribution >= 4 is 16.0 Å². The Balaban J connectivity index is 3.02. The second-order valence-corrected chi connectivity index (χ2v) is 6.94. The lowest BCUT2D eigenvalue weighted by atomic mass is 10.2. The van der Waals surface area contributed by atoms with Crippen molar-refractivity contribution in [2.45, 2.75) is 51.1 Å². The zero-order valence-electron chi connectivity index (χ0n) is 12.6. The molecule has 0 atom stereocenters. The van der Waals surface area contributed by atoms with Crippen LogP contribution < -0.4 is 0 Å². The minimum absolute atomic E-state index is 0.0315. The zero-order valence-corrected chi connectivity index (χ0v) is 13.4. The number of hydrogen-bond acceptors (Lipinski definition) is 4. The molecular formula is C14H22N2O4S. The number of carbonyl (C=O) groups is 1. The Morgan fingerprint density at radius 2 is 2.00 bits per heavy atom. The van der Waals surface area contributed by atoms with Crippen molar-refractivity contribution in [1.29, 1.82) is 0 Å². The van der Waals surface area contributed by atoms with Gasteiger partial charge in [0.15, 0.2) is 5.03 Å². The maximum absolute atomic E-state index is 12.6. The third kappa shape index (κ3) is 4.50. The Kier molecular flexibility index (Phi) is 6.29. The highest BCUT2D eigenvalue weighted by molar-refractivity contribution is 7.89. The van der Waals surface area contributed by atoms with E-state index in [0.717, 1.165) is 25.5 Å². The predicted molar refractivity (Wildman–Crippen MR) is 79.7 cm³/mol. The summed E-state index contributed by atoms with van der Waals surface area (Å²) in [5, 5.41) is 8.71. The van der Waals surface area contributed by atoms with Gasteiger partial charge in [0.25, 0.3) is 10.0 Å². The molecule has 0 aliphatic rings. The van der Waals surface area contributed by atoms with E-state index < -0.39 is 16.0 Å². The van der Waals surface area contributed by atoms with Crippen LogP contribution in [0.4, 0.5) is 0 Å². The van der Waals surface area contributed by atoms with E-state index in [4.69, 9.17) is 5.11 Å². The van der Waals surface area contributed by atoms with Gasteiger partial charge in [0.1, 0.15) is 0 Å². The SMILES string of the molecule is CCCCCN(C(C)C)S(=O)(=O)c1ccc(C(=O)O)cn1. The van der Waals surface area contributed by atoms with E-state index in [1.165, 1.54) is 16.4 Å². The molecule has 1 heterocycles. The summed E-state index contributed by atoms with van der Waals surface area (Å²) < 4.78 is 26.5. The van der Waals surface area contributed by atoms with Gasteiger partial charge in [-0.25, -0.2) is 18.2 Å². The largest absolute Gasteiger partial charge is 0.478 e. The fourth-order valence-electron chi connectivity index (χ4n) is 1.95. The first-order valence-electron chi connectivity index (χ1n) is 7.02. The number of aromatic nitrogens is 1. The minimum atomic E-state index is -3.69. The highest BCUT2D eigenvalue weighted by atomic mass is 32.2. The maximum atomic E-state index is 12.6. The van der Waals surface area contributed by atoms with Crippen molar-refractivity contribution in [2.24, 2.45) is 0 Å². The van der Waals surface area contributed by atoms with Gasteiger partial charge in [-0.05, 0) is 32.4 Å². The molecule has 0 radical (unpaired) electrons. The molecule has 1 rings (SSSR count). The molecule has 0 unspecified atom stereocenters. The van der Waals surface area contributed by atoms with Crippen LogP contribution in [0.15, 0.2) is 23.4 Å². The number of pyridine rings is 1. The van der Waals surface area contributed by atoms with Crippen LogP contribution in [0.1, 0.15) is 50.4 Å². The normalized spacial score (nSPS) is 12.0. The summed E-state index contributed by atoms with van der Waals surface area (Å²) >= 11 is 0. The van der Waals surface area contributed by atoms with Crippen molar-refractivity contribution in [3.63, 3.8) is 0 Å². The number of sulfonamides is 1. The molecule has 0 aliphatic carbocycles. The highest BCUT2D eigenvalue weighted by Crippen LogP contribution is 2.17. The quantitative estimate of drug-likeness (QED) is 0.744. The minimum Gasteiger partial charge on any atom is -0.478 e. The molecule has 1 aromatic rings. The predicted octanol–water partition coefficient (Wildman–Crippen LogP) is 2.37. The van der Waals surface area contributed by atoms with Gasteiger partial charge in [0.2, 0.25) is 0 Å². The summed E-state index contributed by atoms with van der Waals surface area (Å²) in [7, 11) is -3.69. The van der Waals surface area contributed by atoms with Crippen LogP contribution in [-0.2, 0) is 10.0 Å². The summed E-state index contributed by atoms with van der Waals surface area (Å²) in [5.41, 5.74) is -0.0315. The number of aromatic carboxylic acids is 1. The molecule has 1 aromatic heterocycles. The van der Waals surface area contributed by atoms with Gasteiger partial charge >= 0.3 is 5.97 Å². The second kappa shape index (κ2) is 7.51. The number of rotatable bonds is 8. The van der Waals surface area contributed by atoms with Crippen molar-refractivity contribution in [3.8, 4) is 0 Å². The third-order valence-electron chi connectivity index (χ3n) is 3.11. The van der Waals surface area contributed by atoms with Gasteiger partial charge in [-0.3, -0.25) is 0 Å². The standard InChI is InChI=1S/C14H22N2O4S/c1-4-5-6-9-16(11(2)3)21(19,20)13-8-7-12(10-15-13)14(17)18/h7-8,10-11H,4-6,9H2,1-3H3,(H,17,18). The Morgan fingerprint density at radius 3 is 2.43 bits per heavy atom. The molecule has 21 heavy (non-hydrogen) atoms. The summed E-state index contributed by atoms with van der Waals surface area (Å²) in [6.45, 7) is 6.13. The van der Waals surface area contributed by atoms with Gasteiger partial charge in [0.05, 0.1) is 5.56 Å². The molecule has 0 bridgehead atoms. The van der Waals surface area contributed by atoms with Gasteiger partial charge in [-0.1, -0.05) is 19.8 Å². The Bertz CT molecular complexity index is 567. The van der Waals surface area contributed by atoms with Crippen LogP contribution in [0.25, 0.3) is 0 Å². The van der Waals surface area contributed by atoms with Gasteiger partial charge in [-0.15, -0.1) is 0 Å². The van der Waals surface area contributed by atoms with E-state index in [-0.39, 0.29) is 16.6 Å². The fraction of sp³-hybridized carbons (Fsp3) is 0.571. The molecule has 0 amide bonds. The van der Waals surface area contributed by atoms with Crippen molar-refractivity contribution < 1.29 is 18.3 Å². The smallest absolute Gasteiger partial charge is 0.337 e. The van der Waals surface area contributed by atoms with E-state index in [1.807, 2.05) is 13.8 Å². The summed E-state index contributed by atoms with van der Waals surface area (Å²) in [4.78, 5) is 14.6. The van der Waals surface area contributed by atoms with Gasteiger partial charge in [-0.2, -0.15) is 4.31 Å². The topological polar surface area (TPSA) is 87.6 Å². The molecule has 0 fully saturated rings. The fourth-order valence-corrected chi connectivity index (χ4v) is 3.54. The van der Waals surface area contributed by atoms with Gasteiger partial charge in [0, 0.05) is 18.8 Å². The molecule has 118 valence electrons. The van der Waals surface area contributed by atoms with Crippen LogP contribution in [-0.4, -0.2) is 41.4 Å². The lowest BCUT2D eigenvalue weighted by molar-refractivity contribution is 0.0696. The lowest BCUT2D eigenvalue weighted by Gasteiger charge is -2.25. The van der Waals surface area contributed by atoms with Crippen molar-refractivity contribution in [1.82, 2.24) is 9.29 Å². The van der Waals surface area contributed by atoms with Crippen LogP contribution >= 0.6 is 0 Å². The molecule has 6 nitrogen and oxygen atoms in total. The Labute approximate surface area is 125 Å². The van der Waals surface area contributed by atoms with E-state index in [9.17, 15) is 13.2 Å². The first kappa shape index (κ1) is 17.6. The maximum Gasteiger partial charge on any atom is 0.337 e. The Hall–Kier alpha value is -1.47. The number of nitrogens with zero attached hydrogens (tertiary/aromatic N) is 2. The van der Waals surface area contributed by atoms with E-state index in [2.05, 4.69) is 11.9 Å². The lowest BCUT2D eigenvalue weighted by Crippen LogP contribution is -2.38. The average Bonchev–Trinajstić information content (AvgIpc) is 2.43. The molecule has 7 heteroatoms. The second-order valence-electron chi connectivity index (χ2n) is 5.11. The zero-order chi connectivity index (χ0) is 16.0. The summed E-state index contributed by atoms with van der Waals surface area (Å²) in [6, 6.07) is 2.33. The van der Waals surface area contributed by atoms with Crippen molar-refractivity contribution in [3.05, 3.63) is 23.9 Å². The van der Waals surface area contributed by atoms with E-state index in [0.29, 0.717) is 6.54 Å². The summed E-state index contributed by atoms with van der Waals surface area (Å²) in [6.07, 6.45) is 3.84. The van der Waals surface area contributed by atoms with Crippen molar-refractivity contribution in [2.75, 3.05) is 6.54 Å². The highest BCUT2D eigenvalue weighted by Gasteiger charge is 2.27. The molecule has 0 aromatic carbocycles. The number of unbranched alkanes of at least 4 members (excludes halogenated alkanes) is 2. The molecule has 0 saturated heterocycles. The molecule has 0 spiro atoms. The summed E-state index contributed by atoms with van der Waals surface area (Å²) in [5.74, 6) is -1.13. The van der Waals surface area contributed by atoms with Crippen LogP contribution in [0.2, 0.25) is 0 Å². The third-order valence-corrected chi connectivity index (χ3v) is 5.11. The first-order valence-corrected chi connectivity index (χ1v) is 8.46. The molecule has 0 aliphatic heterocycles. The monoisotopic (exact) mass is 314 g/mol. The first-order chi connectivity index (χ1) is 9.80. The van der Waals surface area contributed by atoms with Crippen LogP contribution in [0.3, 0.4) is 0 Å². The Morgan fingerprint density at radius 1 is 1.33 bits per heavy atom. The number of carboxylic acids is 1. The average molecular weight is 314 g/mol. The van der Waals surface area contributed by atoms with Crippen LogP contribution in [0.5, 0.6) is 0 Å². The molecule has 0 saturated carbocycles. The number of carboxylic acid groups (broad SMARTS) is 1. The number of hydrogen-bond donors (Lipinski definition) is 1. The van der Waals surface area contributed by atoms with E-state index >= 15 is 0 Å². The van der Waals surface area contributed by atoms with Crippen LogP contribution in [0, 0.1) is 0 Å². The molecular weight excluding hydrogens is 292 g/mol. The van der Waals surface area contributed by atoms with E-state index in [1.54, 1.807) is 0 Å².